The molecule has 2 unspecified atom stereocenters. The molecule has 2 atom stereocenters. The van der Waals surface area contributed by atoms with Crippen molar-refractivity contribution in [2.45, 2.75) is 32.1 Å². The predicted molar refractivity (Wildman–Crippen MR) is 137 cm³/mol. The molecule has 10 nitrogen and oxygen atoms in total. The Morgan fingerprint density at radius 3 is 2.29 bits per heavy atom. The monoisotopic (exact) mass is 495 g/mol. The molecule has 0 saturated heterocycles. The molecule has 0 fully saturated rings. The zero-order chi connectivity index (χ0) is 24.9. The van der Waals surface area contributed by atoms with Gasteiger partial charge in [0, 0.05) is 17.5 Å². The van der Waals surface area contributed by atoms with Gasteiger partial charge in [-0.2, -0.15) is 5.10 Å². The van der Waals surface area contributed by atoms with Gasteiger partial charge in [-0.15, -0.1) is 10.2 Å². The van der Waals surface area contributed by atoms with E-state index in [4.69, 9.17) is 14.2 Å². The van der Waals surface area contributed by atoms with Gasteiger partial charge in [-0.05, 0) is 56.5 Å². The lowest BCUT2D eigenvalue weighted by molar-refractivity contribution is 0.391. The second-order valence-electron chi connectivity index (χ2n) is 7.92. The molecule has 0 amide bonds. The van der Waals surface area contributed by atoms with Gasteiger partial charge in [-0.25, -0.2) is 4.98 Å². The van der Waals surface area contributed by atoms with Crippen LogP contribution in [0.15, 0.2) is 48.8 Å². The smallest absolute Gasteiger partial charge is 0.239 e. The first-order valence-corrected chi connectivity index (χ1v) is 11.9. The zero-order valence-corrected chi connectivity index (χ0v) is 21.4. The molecule has 0 radical (unpaired) electrons. The van der Waals surface area contributed by atoms with E-state index in [9.17, 15) is 0 Å². The van der Waals surface area contributed by atoms with Crippen LogP contribution in [0.4, 0.5) is 5.95 Å². The maximum atomic E-state index is 5.68. The van der Waals surface area contributed by atoms with Gasteiger partial charge in [0.25, 0.3) is 0 Å². The van der Waals surface area contributed by atoms with Crippen LogP contribution in [0.3, 0.4) is 0 Å². The summed E-state index contributed by atoms with van der Waals surface area (Å²) in [5.41, 5.74) is 2.38. The zero-order valence-electron chi connectivity index (χ0n) is 20.6. The van der Waals surface area contributed by atoms with Crippen molar-refractivity contribution in [2.75, 3.05) is 26.1 Å². The minimum Gasteiger partial charge on any atom is -0.494 e. The molecule has 4 rings (SSSR count). The molecule has 35 heavy (non-hydrogen) atoms. The van der Waals surface area contributed by atoms with E-state index in [1.807, 2.05) is 58.9 Å². The van der Waals surface area contributed by atoms with Crippen LogP contribution in [-0.4, -0.2) is 56.1 Å². The summed E-state index contributed by atoms with van der Waals surface area (Å²) >= 11 is 1.53. The molecule has 0 bridgehead atoms. The highest BCUT2D eigenvalue weighted by Crippen LogP contribution is 2.38. The Labute approximate surface area is 208 Å². The Morgan fingerprint density at radius 2 is 1.66 bits per heavy atom. The molecule has 0 aliphatic carbocycles. The quantitative estimate of drug-likeness (QED) is 0.317. The largest absolute Gasteiger partial charge is 0.494 e. The van der Waals surface area contributed by atoms with E-state index in [1.54, 1.807) is 27.4 Å². The van der Waals surface area contributed by atoms with E-state index in [1.165, 1.54) is 11.9 Å². The lowest BCUT2D eigenvalue weighted by atomic mass is 10.2. The van der Waals surface area contributed by atoms with Gasteiger partial charge < -0.3 is 14.2 Å². The van der Waals surface area contributed by atoms with Gasteiger partial charge in [-0.1, -0.05) is 12.1 Å². The van der Waals surface area contributed by atoms with E-state index in [-0.39, 0.29) is 11.3 Å². The predicted octanol–water partition coefficient (Wildman–Crippen LogP) is 4.57. The molecule has 0 aliphatic heterocycles. The summed E-state index contributed by atoms with van der Waals surface area (Å²) in [6.45, 7) is 6.29. The Kier molecular flexibility index (Phi) is 7.45. The van der Waals surface area contributed by atoms with Crippen LogP contribution in [0.5, 0.6) is 17.4 Å². The number of benzene rings is 1. The molecule has 4 aromatic rings. The summed E-state index contributed by atoms with van der Waals surface area (Å²) in [5.74, 6) is 2.71. The number of anilines is 1. The number of aromatic nitrogens is 6. The lowest BCUT2D eigenvalue weighted by Crippen LogP contribution is -2.18. The molecule has 0 spiro atoms. The average molecular weight is 496 g/mol. The standard InChI is InChI=1S/C24H29N7O3S/c1-15-13-25-30(14-15)16(2)17(3)35-29-24-28-27-23(18-9-7-12-21(26-18)34-6)31(24)22-19(32-4)10-8-11-20(22)33-5/h7-14,16-17H,1-6H3,(H,28,29). The summed E-state index contributed by atoms with van der Waals surface area (Å²) in [7, 11) is 4.81. The van der Waals surface area contributed by atoms with Crippen LogP contribution in [0, 0.1) is 6.92 Å². The van der Waals surface area contributed by atoms with Crippen LogP contribution in [0.1, 0.15) is 25.5 Å². The van der Waals surface area contributed by atoms with E-state index >= 15 is 0 Å². The van der Waals surface area contributed by atoms with Gasteiger partial charge in [0.2, 0.25) is 11.8 Å². The number of nitrogens with one attached hydrogen (secondary N) is 1. The molecule has 1 N–H and O–H groups in total. The van der Waals surface area contributed by atoms with Crippen LogP contribution < -0.4 is 18.9 Å². The van der Waals surface area contributed by atoms with Crippen molar-refractivity contribution >= 4 is 17.9 Å². The minimum absolute atomic E-state index is 0.151. The SMILES string of the molecule is COc1cccc(-c2nnc(NSC(C)C(C)n3cc(C)cn3)n2-c2c(OC)cccc2OC)n1. The summed E-state index contributed by atoms with van der Waals surface area (Å²) < 4.78 is 23.9. The minimum atomic E-state index is 0.151. The molecule has 184 valence electrons. The topological polar surface area (TPSA) is 101 Å². The summed E-state index contributed by atoms with van der Waals surface area (Å²) in [6, 6.07) is 11.2. The van der Waals surface area contributed by atoms with Crippen molar-refractivity contribution in [2.24, 2.45) is 0 Å². The third kappa shape index (κ3) is 5.04. The van der Waals surface area contributed by atoms with E-state index in [0.29, 0.717) is 40.5 Å². The molecule has 0 aliphatic rings. The highest BCUT2D eigenvalue weighted by molar-refractivity contribution is 8.01. The van der Waals surface area contributed by atoms with Crippen molar-refractivity contribution < 1.29 is 14.2 Å². The van der Waals surface area contributed by atoms with Crippen molar-refractivity contribution in [3.8, 4) is 34.6 Å². The van der Waals surface area contributed by atoms with Crippen molar-refractivity contribution in [1.82, 2.24) is 29.5 Å². The van der Waals surface area contributed by atoms with E-state index < -0.39 is 0 Å². The summed E-state index contributed by atoms with van der Waals surface area (Å²) in [4.78, 5) is 4.56. The van der Waals surface area contributed by atoms with Gasteiger partial charge in [0.1, 0.15) is 22.9 Å². The fourth-order valence-corrected chi connectivity index (χ4v) is 4.29. The summed E-state index contributed by atoms with van der Waals surface area (Å²) in [6.07, 6.45) is 3.90. The number of hydrogen-bond donors (Lipinski definition) is 1. The number of pyridine rings is 1. The second kappa shape index (κ2) is 10.7. The van der Waals surface area contributed by atoms with Crippen molar-refractivity contribution in [3.63, 3.8) is 0 Å². The molecule has 3 aromatic heterocycles. The molecule has 0 saturated carbocycles. The number of rotatable bonds is 10. The highest BCUT2D eigenvalue weighted by Gasteiger charge is 2.24. The van der Waals surface area contributed by atoms with Gasteiger partial charge in [0.15, 0.2) is 5.82 Å². The molecule has 1 aromatic carbocycles. The first-order valence-electron chi connectivity index (χ1n) is 11.1. The van der Waals surface area contributed by atoms with Gasteiger partial charge in [-0.3, -0.25) is 14.0 Å². The molecule has 11 heteroatoms. The third-order valence-corrected chi connectivity index (χ3v) is 6.68. The van der Waals surface area contributed by atoms with Crippen LogP contribution >= 0.6 is 11.9 Å². The summed E-state index contributed by atoms with van der Waals surface area (Å²) in [5, 5.41) is 13.5. The lowest BCUT2D eigenvalue weighted by Gasteiger charge is -2.21. The van der Waals surface area contributed by atoms with Crippen LogP contribution in [0.2, 0.25) is 0 Å². The Bertz CT molecular complexity index is 1270. The second-order valence-corrected chi connectivity index (χ2v) is 9.11. The molecule has 3 heterocycles. The number of hydrogen-bond acceptors (Lipinski definition) is 9. The first-order chi connectivity index (χ1) is 17.0. The van der Waals surface area contributed by atoms with E-state index in [2.05, 4.69) is 38.8 Å². The maximum Gasteiger partial charge on any atom is 0.239 e. The average Bonchev–Trinajstić information content (AvgIpc) is 3.52. The fourth-order valence-electron chi connectivity index (χ4n) is 3.55. The number of nitrogens with zero attached hydrogens (tertiary/aromatic N) is 6. The number of methoxy groups -OCH3 is 3. The normalized spacial score (nSPS) is 12.7. The number of aryl methyl sites for hydroxylation is 1. The highest BCUT2D eigenvalue weighted by atomic mass is 32.2. The van der Waals surface area contributed by atoms with Crippen molar-refractivity contribution in [3.05, 3.63) is 54.4 Å². The van der Waals surface area contributed by atoms with Gasteiger partial charge in [0.05, 0.1) is 33.6 Å². The first kappa shape index (κ1) is 24.4. The number of para-hydroxylation sites is 1. The third-order valence-electron chi connectivity index (χ3n) is 5.61. The molecular formula is C24H29N7O3S. The Hall–Kier alpha value is -3.73. The Morgan fingerprint density at radius 1 is 0.943 bits per heavy atom. The van der Waals surface area contributed by atoms with Crippen molar-refractivity contribution in [1.29, 1.82) is 0 Å². The van der Waals surface area contributed by atoms with Crippen LogP contribution in [-0.2, 0) is 0 Å². The maximum absolute atomic E-state index is 5.68. The van der Waals surface area contributed by atoms with Gasteiger partial charge >= 0.3 is 0 Å². The fraction of sp³-hybridized carbons (Fsp3) is 0.333. The number of ether oxygens (including phenoxy) is 3. The van der Waals surface area contributed by atoms with Crippen LogP contribution in [0.25, 0.3) is 17.2 Å². The van der Waals surface area contributed by atoms with E-state index in [0.717, 1.165) is 5.56 Å². The Balaban J connectivity index is 1.75. The molecular weight excluding hydrogens is 466 g/mol.